The molecule has 0 aromatic heterocycles. The number of nitrogens with two attached hydrogens (primary N) is 1. The van der Waals surface area contributed by atoms with E-state index in [1.807, 2.05) is 48.2 Å². The van der Waals surface area contributed by atoms with E-state index in [-0.39, 0.29) is 24.3 Å². The van der Waals surface area contributed by atoms with E-state index < -0.39 is 0 Å². The molecule has 2 aliphatic rings. The zero-order chi connectivity index (χ0) is 17.4. The fourth-order valence-electron chi connectivity index (χ4n) is 4.00. The zero-order valence-corrected chi connectivity index (χ0v) is 14.3. The highest BCUT2D eigenvalue weighted by Crippen LogP contribution is 2.45. The topological polar surface area (TPSA) is 67.6 Å². The Morgan fingerprint density at radius 3 is 2.28 bits per heavy atom. The van der Waals surface area contributed by atoms with Gasteiger partial charge >= 0.3 is 6.09 Å². The normalized spacial score (nSPS) is 22.4. The fourth-order valence-corrected chi connectivity index (χ4v) is 4.00. The molecule has 2 aromatic rings. The molecule has 1 aliphatic carbocycles. The molecule has 1 fully saturated rings. The van der Waals surface area contributed by atoms with Crippen molar-refractivity contribution in [2.24, 2.45) is 5.84 Å². The number of nitrogens with zero attached hydrogens (tertiary/aromatic N) is 1. The van der Waals surface area contributed by atoms with Gasteiger partial charge in [0.15, 0.2) is 6.10 Å². The largest absolute Gasteiger partial charge is 0.436 e. The Kier molecular flexibility index (Phi) is 4.19. The van der Waals surface area contributed by atoms with E-state index in [0.29, 0.717) is 6.54 Å². The summed E-state index contributed by atoms with van der Waals surface area (Å²) in [4.78, 5) is 14.6. The molecule has 5 heteroatoms. The third-order valence-electron chi connectivity index (χ3n) is 5.34. The molecular weight excluding hydrogens is 314 g/mol. The molecule has 130 valence electrons. The summed E-state index contributed by atoms with van der Waals surface area (Å²) in [6.45, 7) is 2.70. The van der Waals surface area contributed by atoms with Gasteiger partial charge in [0.25, 0.3) is 0 Å². The monoisotopic (exact) mass is 337 g/mol. The van der Waals surface area contributed by atoms with Crippen LogP contribution in [-0.4, -0.2) is 29.6 Å². The smallest absolute Gasteiger partial charge is 0.410 e. The van der Waals surface area contributed by atoms with Gasteiger partial charge in [0.05, 0.1) is 0 Å². The number of amides is 1. The predicted molar refractivity (Wildman–Crippen MR) is 96.7 cm³/mol. The first-order chi connectivity index (χ1) is 12.2. The number of hydrazine groups is 1. The van der Waals surface area contributed by atoms with E-state index >= 15 is 0 Å². The first-order valence-electron chi connectivity index (χ1n) is 8.80. The molecule has 25 heavy (non-hydrogen) atoms. The second kappa shape index (κ2) is 6.50. The maximum absolute atomic E-state index is 12.8. The van der Waals surface area contributed by atoms with Gasteiger partial charge in [-0.3, -0.25) is 11.3 Å². The Labute approximate surface area is 147 Å². The Morgan fingerprint density at radius 1 is 1.12 bits per heavy atom. The standard InChI is InChI=1S/C20H23N3O2/c1-13-12-14(22-21)10-11-23(13)20(24)25-19-17-8-4-2-6-15(17)16-7-3-5-9-18(16)19/h2-9,13-14,19,22H,10-12,21H2,1H3. The van der Waals surface area contributed by atoms with Gasteiger partial charge in [0.2, 0.25) is 0 Å². The lowest BCUT2D eigenvalue weighted by atomic mass is 9.99. The SMILES string of the molecule is CC1CC(NN)CCN1C(=O)OC1c2ccccc2-c2ccccc21. The number of carbonyl (C=O) groups is 1. The molecule has 3 N–H and O–H groups in total. The lowest BCUT2D eigenvalue weighted by molar-refractivity contribution is 0.0528. The highest BCUT2D eigenvalue weighted by atomic mass is 16.6. The van der Waals surface area contributed by atoms with Crippen molar-refractivity contribution in [3.05, 3.63) is 59.7 Å². The summed E-state index contributed by atoms with van der Waals surface area (Å²) in [6, 6.07) is 16.6. The summed E-state index contributed by atoms with van der Waals surface area (Å²) in [6.07, 6.45) is 1.09. The van der Waals surface area contributed by atoms with E-state index in [1.165, 1.54) is 0 Å². The zero-order valence-electron chi connectivity index (χ0n) is 14.3. The highest BCUT2D eigenvalue weighted by molar-refractivity contribution is 5.79. The van der Waals surface area contributed by atoms with Gasteiger partial charge in [-0.15, -0.1) is 0 Å². The average molecular weight is 337 g/mol. The van der Waals surface area contributed by atoms with E-state index in [0.717, 1.165) is 35.1 Å². The van der Waals surface area contributed by atoms with E-state index in [9.17, 15) is 4.79 Å². The summed E-state index contributed by atoms with van der Waals surface area (Å²) in [5, 5.41) is 0. The van der Waals surface area contributed by atoms with Crippen molar-refractivity contribution in [1.82, 2.24) is 10.3 Å². The molecule has 0 saturated carbocycles. The molecule has 5 nitrogen and oxygen atoms in total. The van der Waals surface area contributed by atoms with E-state index in [2.05, 4.69) is 17.6 Å². The number of benzene rings is 2. The molecule has 1 aliphatic heterocycles. The second-order valence-electron chi connectivity index (χ2n) is 6.87. The van der Waals surface area contributed by atoms with Crippen molar-refractivity contribution in [2.45, 2.75) is 38.0 Å². The number of hydrogen-bond donors (Lipinski definition) is 2. The summed E-state index contributed by atoms with van der Waals surface area (Å²) < 4.78 is 5.98. The number of hydrogen-bond acceptors (Lipinski definition) is 4. The Hall–Kier alpha value is -2.37. The molecular formula is C20H23N3O2. The molecule has 2 atom stereocenters. The molecule has 0 spiro atoms. The van der Waals surface area contributed by atoms with Gasteiger partial charge in [-0.25, -0.2) is 4.79 Å². The van der Waals surface area contributed by atoms with Gasteiger partial charge in [-0.2, -0.15) is 0 Å². The third kappa shape index (κ3) is 2.79. The van der Waals surface area contributed by atoms with Crippen LogP contribution < -0.4 is 11.3 Å². The van der Waals surface area contributed by atoms with Crippen molar-refractivity contribution in [3.63, 3.8) is 0 Å². The minimum atomic E-state index is -0.336. The lowest BCUT2D eigenvalue weighted by Gasteiger charge is -2.37. The van der Waals surface area contributed by atoms with Gasteiger partial charge in [-0.1, -0.05) is 48.5 Å². The van der Waals surface area contributed by atoms with Crippen LogP contribution in [-0.2, 0) is 4.74 Å². The van der Waals surface area contributed by atoms with Crippen LogP contribution in [0.1, 0.15) is 37.0 Å². The lowest BCUT2D eigenvalue weighted by Crippen LogP contribution is -2.51. The summed E-state index contributed by atoms with van der Waals surface area (Å²) in [5.41, 5.74) is 7.23. The van der Waals surface area contributed by atoms with Gasteiger partial charge in [-0.05, 0) is 30.9 Å². The minimum absolute atomic E-state index is 0.106. The fraction of sp³-hybridized carbons (Fsp3) is 0.350. The molecule has 1 heterocycles. The van der Waals surface area contributed by atoms with Crippen LogP contribution in [0.25, 0.3) is 11.1 Å². The van der Waals surface area contributed by atoms with Crippen molar-refractivity contribution in [2.75, 3.05) is 6.54 Å². The maximum Gasteiger partial charge on any atom is 0.410 e. The van der Waals surface area contributed by atoms with Crippen LogP contribution in [0.2, 0.25) is 0 Å². The molecule has 4 rings (SSSR count). The minimum Gasteiger partial charge on any atom is -0.436 e. The summed E-state index contributed by atoms with van der Waals surface area (Å²) in [7, 11) is 0. The number of ether oxygens (including phenoxy) is 1. The highest BCUT2D eigenvalue weighted by Gasteiger charge is 2.35. The first kappa shape index (κ1) is 16.1. The quantitative estimate of drug-likeness (QED) is 0.652. The molecule has 2 unspecified atom stereocenters. The first-order valence-corrected chi connectivity index (χ1v) is 8.80. The number of carbonyl (C=O) groups excluding carboxylic acids is 1. The van der Waals surface area contributed by atoms with Crippen molar-refractivity contribution >= 4 is 6.09 Å². The van der Waals surface area contributed by atoms with Crippen LogP contribution in [0.3, 0.4) is 0 Å². The molecule has 1 saturated heterocycles. The van der Waals surface area contributed by atoms with Crippen molar-refractivity contribution in [3.8, 4) is 11.1 Å². The molecule has 0 radical (unpaired) electrons. The van der Waals surface area contributed by atoms with Crippen molar-refractivity contribution in [1.29, 1.82) is 0 Å². The number of likely N-dealkylation sites (tertiary alicyclic amines) is 1. The maximum atomic E-state index is 12.8. The van der Waals surface area contributed by atoms with E-state index in [4.69, 9.17) is 10.6 Å². The molecule has 1 amide bonds. The number of fused-ring (bicyclic) bond motifs is 3. The molecule has 0 bridgehead atoms. The van der Waals surface area contributed by atoms with Crippen LogP contribution in [0.4, 0.5) is 4.79 Å². The summed E-state index contributed by atoms with van der Waals surface area (Å²) in [5.74, 6) is 5.54. The van der Waals surface area contributed by atoms with E-state index in [1.54, 1.807) is 0 Å². The van der Waals surface area contributed by atoms with Gasteiger partial charge in [0.1, 0.15) is 0 Å². The van der Waals surface area contributed by atoms with Crippen molar-refractivity contribution < 1.29 is 9.53 Å². The van der Waals surface area contributed by atoms with Crippen LogP contribution >= 0.6 is 0 Å². The molecule has 2 aromatic carbocycles. The van der Waals surface area contributed by atoms with Crippen LogP contribution in [0, 0.1) is 0 Å². The Morgan fingerprint density at radius 2 is 1.72 bits per heavy atom. The average Bonchev–Trinajstić information content (AvgIpc) is 2.96. The second-order valence-corrected chi connectivity index (χ2v) is 6.87. The predicted octanol–water partition coefficient (Wildman–Crippen LogP) is 3.21. The number of rotatable bonds is 2. The van der Waals surface area contributed by atoms with Gasteiger partial charge < -0.3 is 9.64 Å². The number of piperidine rings is 1. The van der Waals surface area contributed by atoms with Gasteiger partial charge in [0, 0.05) is 29.8 Å². The third-order valence-corrected chi connectivity index (χ3v) is 5.34. The Bertz CT molecular complexity index is 747. The summed E-state index contributed by atoms with van der Waals surface area (Å²) >= 11 is 0. The Balaban J connectivity index is 1.58. The van der Waals surface area contributed by atoms with Crippen LogP contribution in [0.5, 0.6) is 0 Å². The van der Waals surface area contributed by atoms with Crippen LogP contribution in [0.15, 0.2) is 48.5 Å². The number of nitrogens with one attached hydrogen (secondary N) is 1.